The first kappa shape index (κ1) is 13.8. The number of carbonyl (C=O) groups is 3. The fraction of sp³-hybridized carbons (Fsp3) is 0.769. The van der Waals surface area contributed by atoms with Crippen molar-refractivity contribution in [3.05, 3.63) is 0 Å². The molecule has 1 aliphatic heterocycles. The number of amides is 2. The minimum atomic E-state index is -0.764. The van der Waals surface area contributed by atoms with Crippen LogP contribution in [0.3, 0.4) is 0 Å². The Balaban J connectivity index is 1.89. The Morgan fingerprint density at radius 3 is 2.42 bits per heavy atom. The van der Waals surface area contributed by atoms with E-state index in [1.165, 1.54) is 0 Å². The number of hydrogen-bond acceptors (Lipinski definition) is 3. The van der Waals surface area contributed by atoms with Gasteiger partial charge in [-0.25, -0.2) is 0 Å². The average molecular weight is 268 g/mol. The highest BCUT2D eigenvalue weighted by Gasteiger charge is 2.32. The Labute approximate surface area is 112 Å². The molecule has 1 aliphatic carbocycles. The van der Waals surface area contributed by atoms with E-state index in [4.69, 9.17) is 5.11 Å². The molecule has 0 aromatic heterocycles. The lowest BCUT2D eigenvalue weighted by atomic mass is 9.81. The largest absolute Gasteiger partial charge is 0.481 e. The van der Waals surface area contributed by atoms with Crippen molar-refractivity contribution in [2.24, 2.45) is 11.8 Å². The van der Waals surface area contributed by atoms with Gasteiger partial charge in [0.05, 0.1) is 12.5 Å². The first-order chi connectivity index (χ1) is 9.08. The number of rotatable bonds is 2. The molecular formula is C13H20N2O4. The van der Waals surface area contributed by atoms with Crippen LogP contribution >= 0.6 is 0 Å². The van der Waals surface area contributed by atoms with E-state index in [1.807, 2.05) is 0 Å². The lowest BCUT2D eigenvalue weighted by Crippen LogP contribution is -2.42. The maximum Gasteiger partial charge on any atom is 0.306 e. The second kappa shape index (κ2) is 6.04. The predicted molar refractivity (Wildman–Crippen MR) is 67.3 cm³/mol. The van der Waals surface area contributed by atoms with E-state index in [9.17, 15) is 14.4 Å². The van der Waals surface area contributed by atoms with E-state index in [2.05, 4.69) is 5.32 Å². The molecular weight excluding hydrogens is 248 g/mol. The minimum absolute atomic E-state index is 0.0147. The molecule has 6 nitrogen and oxygen atoms in total. The van der Waals surface area contributed by atoms with Crippen LogP contribution < -0.4 is 5.32 Å². The van der Waals surface area contributed by atoms with Gasteiger partial charge in [-0.3, -0.25) is 14.4 Å². The molecule has 19 heavy (non-hydrogen) atoms. The number of nitrogens with one attached hydrogen (secondary N) is 1. The number of hydrogen-bond donors (Lipinski definition) is 2. The minimum Gasteiger partial charge on any atom is -0.481 e. The van der Waals surface area contributed by atoms with Gasteiger partial charge in [-0.05, 0) is 32.1 Å². The summed E-state index contributed by atoms with van der Waals surface area (Å²) >= 11 is 0. The van der Waals surface area contributed by atoms with Gasteiger partial charge >= 0.3 is 5.97 Å². The second-order valence-electron chi connectivity index (χ2n) is 5.35. The molecule has 1 saturated carbocycles. The summed E-state index contributed by atoms with van der Waals surface area (Å²) in [5.41, 5.74) is 0. The lowest BCUT2D eigenvalue weighted by molar-refractivity contribution is -0.146. The molecule has 2 amide bonds. The molecule has 0 spiro atoms. The fourth-order valence-corrected chi connectivity index (χ4v) is 2.84. The predicted octanol–water partition coefficient (Wildman–Crippen LogP) is 0.226. The molecule has 2 fully saturated rings. The van der Waals surface area contributed by atoms with Crippen LogP contribution in [-0.4, -0.2) is 47.4 Å². The van der Waals surface area contributed by atoms with E-state index < -0.39 is 5.97 Å². The highest BCUT2D eigenvalue weighted by atomic mass is 16.4. The van der Waals surface area contributed by atoms with Gasteiger partial charge in [0.25, 0.3) is 0 Å². The van der Waals surface area contributed by atoms with Crippen LogP contribution in [0.25, 0.3) is 0 Å². The molecule has 0 bridgehead atoms. The van der Waals surface area contributed by atoms with E-state index in [-0.39, 0.29) is 30.2 Å². The van der Waals surface area contributed by atoms with Crippen LogP contribution in [0.15, 0.2) is 0 Å². The van der Waals surface area contributed by atoms with E-state index in [0.717, 1.165) is 6.42 Å². The molecule has 0 radical (unpaired) electrons. The number of nitrogens with zero attached hydrogens (tertiary/aromatic N) is 1. The Bertz CT molecular complexity index is 375. The van der Waals surface area contributed by atoms with Gasteiger partial charge in [0, 0.05) is 19.0 Å². The molecule has 2 aliphatic rings. The Hall–Kier alpha value is -1.59. The van der Waals surface area contributed by atoms with Crippen molar-refractivity contribution in [3.63, 3.8) is 0 Å². The summed E-state index contributed by atoms with van der Waals surface area (Å²) in [5, 5.41) is 11.7. The van der Waals surface area contributed by atoms with Gasteiger partial charge in [0.2, 0.25) is 11.8 Å². The van der Waals surface area contributed by atoms with Crippen LogP contribution in [0.2, 0.25) is 0 Å². The molecule has 106 valence electrons. The molecule has 1 saturated heterocycles. The van der Waals surface area contributed by atoms with E-state index in [1.54, 1.807) is 4.90 Å². The monoisotopic (exact) mass is 268 g/mol. The van der Waals surface area contributed by atoms with E-state index in [0.29, 0.717) is 38.8 Å². The van der Waals surface area contributed by atoms with Crippen LogP contribution in [0.1, 0.15) is 32.1 Å². The summed E-state index contributed by atoms with van der Waals surface area (Å²) in [6.07, 6.45) is 3.14. The summed E-state index contributed by atoms with van der Waals surface area (Å²) in [5.74, 6) is -1.27. The van der Waals surface area contributed by atoms with Crippen molar-refractivity contribution in [2.45, 2.75) is 32.1 Å². The maximum absolute atomic E-state index is 12.3. The lowest BCUT2D eigenvalue weighted by Gasteiger charge is -2.29. The summed E-state index contributed by atoms with van der Waals surface area (Å²) < 4.78 is 0. The highest BCUT2D eigenvalue weighted by Crippen LogP contribution is 2.30. The summed E-state index contributed by atoms with van der Waals surface area (Å²) in [7, 11) is 0. The van der Waals surface area contributed by atoms with Crippen LogP contribution in [0.4, 0.5) is 0 Å². The Morgan fingerprint density at radius 2 is 1.79 bits per heavy atom. The highest BCUT2D eigenvalue weighted by molar-refractivity contribution is 5.86. The Kier molecular flexibility index (Phi) is 4.39. The SMILES string of the molecule is O=C1CN(C(=O)C2CCC(C(=O)O)CC2)CCCN1. The molecule has 0 unspecified atom stereocenters. The fourth-order valence-electron chi connectivity index (χ4n) is 2.84. The summed E-state index contributed by atoms with van der Waals surface area (Å²) in [4.78, 5) is 36.3. The van der Waals surface area contributed by atoms with Gasteiger partial charge in [-0.1, -0.05) is 0 Å². The number of carbonyl (C=O) groups excluding carboxylic acids is 2. The third kappa shape index (κ3) is 3.45. The summed E-state index contributed by atoms with van der Waals surface area (Å²) in [6.45, 7) is 1.36. The molecule has 6 heteroatoms. The van der Waals surface area contributed by atoms with Crippen molar-refractivity contribution < 1.29 is 19.5 Å². The number of carboxylic acid groups (broad SMARTS) is 1. The molecule has 1 heterocycles. The molecule has 0 aromatic rings. The maximum atomic E-state index is 12.3. The zero-order valence-electron chi connectivity index (χ0n) is 10.9. The normalized spacial score (nSPS) is 28.4. The molecule has 0 atom stereocenters. The molecule has 0 aromatic carbocycles. The topological polar surface area (TPSA) is 86.7 Å². The zero-order chi connectivity index (χ0) is 13.8. The standard InChI is InChI=1S/C13H20N2O4/c16-11-8-15(7-1-6-14-11)12(17)9-2-4-10(5-3-9)13(18)19/h9-10H,1-8H2,(H,14,16)(H,18,19). The first-order valence-electron chi connectivity index (χ1n) is 6.86. The van der Waals surface area contributed by atoms with Gasteiger partial charge < -0.3 is 15.3 Å². The van der Waals surface area contributed by atoms with Crippen molar-refractivity contribution in [3.8, 4) is 0 Å². The van der Waals surface area contributed by atoms with Crippen molar-refractivity contribution >= 4 is 17.8 Å². The van der Waals surface area contributed by atoms with Crippen LogP contribution in [0.5, 0.6) is 0 Å². The second-order valence-corrected chi connectivity index (χ2v) is 5.35. The van der Waals surface area contributed by atoms with Crippen molar-refractivity contribution in [1.82, 2.24) is 10.2 Å². The quantitative estimate of drug-likeness (QED) is 0.750. The molecule has 2 N–H and O–H groups in total. The zero-order valence-corrected chi connectivity index (χ0v) is 10.9. The average Bonchev–Trinajstić information content (AvgIpc) is 2.62. The van der Waals surface area contributed by atoms with Crippen LogP contribution in [-0.2, 0) is 14.4 Å². The van der Waals surface area contributed by atoms with Gasteiger partial charge in [-0.15, -0.1) is 0 Å². The number of carboxylic acids is 1. The van der Waals surface area contributed by atoms with Gasteiger partial charge in [0.1, 0.15) is 0 Å². The Morgan fingerprint density at radius 1 is 1.16 bits per heavy atom. The van der Waals surface area contributed by atoms with Gasteiger partial charge in [-0.2, -0.15) is 0 Å². The smallest absolute Gasteiger partial charge is 0.306 e. The summed E-state index contributed by atoms with van der Waals surface area (Å²) in [6, 6.07) is 0. The number of aliphatic carboxylic acids is 1. The van der Waals surface area contributed by atoms with E-state index >= 15 is 0 Å². The first-order valence-corrected chi connectivity index (χ1v) is 6.86. The van der Waals surface area contributed by atoms with Crippen molar-refractivity contribution in [1.29, 1.82) is 0 Å². The van der Waals surface area contributed by atoms with Crippen LogP contribution in [0, 0.1) is 11.8 Å². The van der Waals surface area contributed by atoms with Crippen molar-refractivity contribution in [2.75, 3.05) is 19.6 Å². The third-order valence-electron chi connectivity index (χ3n) is 4.00. The van der Waals surface area contributed by atoms with Gasteiger partial charge in [0.15, 0.2) is 0 Å². The third-order valence-corrected chi connectivity index (χ3v) is 4.00. The molecule has 2 rings (SSSR count).